The molecule has 1 aliphatic rings. The Kier molecular flexibility index (Phi) is 3.07. The number of ether oxygens (including phenoxy) is 1. The number of nitrogens with zero attached hydrogens (tertiary/aromatic N) is 1. The average Bonchev–Trinajstić information content (AvgIpc) is 3.05. The maximum Gasteiger partial charge on any atom is 0.399 e. The quantitative estimate of drug-likeness (QED) is 0.783. The largest absolute Gasteiger partial charge is 0.416 e. The molecule has 1 aliphatic carbocycles. The lowest BCUT2D eigenvalue weighted by molar-refractivity contribution is 0.111. The first-order chi connectivity index (χ1) is 9.31. The fourth-order valence-corrected chi connectivity index (χ4v) is 2.69. The minimum absolute atomic E-state index is 0.121. The maximum atomic E-state index is 10.6. The van der Waals surface area contributed by atoms with Crippen molar-refractivity contribution in [3.05, 3.63) is 41.3 Å². The number of oxazole rings is 1. The van der Waals surface area contributed by atoms with Crippen LogP contribution >= 0.6 is 0 Å². The third-order valence-corrected chi connectivity index (χ3v) is 3.66. The zero-order valence-electron chi connectivity index (χ0n) is 10.8. The van der Waals surface area contributed by atoms with E-state index >= 15 is 0 Å². The smallest absolute Gasteiger partial charge is 0.399 e. The van der Waals surface area contributed by atoms with E-state index in [9.17, 15) is 4.79 Å². The summed E-state index contributed by atoms with van der Waals surface area (Å²) in [5, 5.41) is 0. The van der Waals surface area contributed by atoms with E-state index in [1.54, 1.807) is 0 Å². The Bertz CT molecular complexity index is 603. The molecule has 0 bridgehead atoms. The minimum Gasteiger partial charge on any atom is -0.416 e. The van der Waals surface area contributed by atoms with Crippen LogP contribution in [-0.4, -0.2) is 11.3 Å². The molecule has 0 amide bonds. The second-order valence-electron chi connectivity index (χ2n) is 4.73. The van der Waals surface area contributed by atoms with E-state index in [2.05, 4.69) is 18.0 Å². The molecule has 0 N–H and O–H groups in total. The summed E-state index contributed by atoms with van der Waals surface area (Å²) in [5.74, 6) is 1.40. The number of aldehydes is 1. The summed E-state index contributed by atoms with van der Waals surface area (Å²) in [6.07, 6.45) is 5.38. The number of carbonyl (C=O) groups excluding carboxylic acids is 1. The van der Waals surface area contributed by atoms with Gasteiger partial charge in [0.05, 0.1) is 0 Å². The molecular formula is C15H15NO3. The van der Waals surface area contributed by atoms with Crippen LogP contribution in [0.4, 0.5) is 0 Å². The summed E-state index contributed by atoms with van der Waals surface area (Å²) < 4.78 is 10.8. The van der Waals surface area contributed by atoms with Crippen LogP contribution in [0.25, 0.3) is 0 Å². The third-order valence-electron chi connectivity index (χ3n) is 3.66. The van der Waals surface area contributed by atoms with E-state index in [0.717, 1.165) is 25.0 Å². The standard InChI is InChI=1S/C15H15NO3/c1-2-10-6-7-13-12(10)4-3-5-14(13)19-15-16-11(8-17)9-18-15/h3-5,8-10H,2,6-7H2,1H3. The van der Waals surface area contributed by atoms with E-state index in [4.69, 9.17) is 9.15 Å². The van der Waals surface area contributed by atoms with Gasteiger partial charge in [-0.05, 0) is 42.4 Å². The molecule has 0 saturated carbocycles. The fraction of sp³-hybridized carbons (Fsp3) is 0.333. The number of fused-ring (bicyclic) bond motifs is 1. The van der Waals surface area contributed by atoms with E-state index in [1.807, 2.05) is 12.1 Å². The molecule has 1 aromatic heterocycles. The summed E-state index contributed by atoms with van der Waals surface area (Å²) in [5.41, 5.74) is 2.84. The Morgan fingerprint density at radius 1 is 1.53 bits per heavy atom. The SMILES string of the molecule is CCC1CCc2c(Oc3nc(C=O)co3)cccc21. The molecular weight excluding hydrogens is 242 g/mol. The van der Waals surface area contributed by atoms with Crippen molar-refractivity contribution >= 4 is 6.29 Å². The molecule has 0 saturated heterocycles. The predicted octanol–water partition coefficient (Wildman–Crippen LogP) is 3.72. The molecule has 1 atom stereocenters. The topological polar surface area (TPSA) is 52.3 Å². The molecule has 4 nitrogen and oxygen atoms in total. The summed E-state index contributed by atoms with van der Waals surface area (Å²) in [6, 6.07) is 6.07. The number of hydrogen-bond donors (Lipinski definition) is 0. The van der Waals surface area contributed by atoms with Crippen LogP contribution in [0.3, 0.4) is 0 Å². The lowest BCUT2D eigenvalue weighted by Gasteiger charge is -2.10. The van der Waals surface area contributed by atoms with Gasteiger partial charge in [-0.1, -0.05) is 19.1 Å². The van der Waals surface area contributed by atoms with Gasteiger partial charge in [0.15, 0.2) is 6.29 Å². The van der Waals surface area contributed by atoms with Gasteiger partial charge in [-0.25, -0.2) is 0 Å². The van der Waals surface area contributed by atoms with Crippen molar-refractivity contribution in [3.63, 3.8) is 0 Å². The summed E-state index contributed by atoms with van der Waals surface area (Å²) >= 11 is 0. The van der Waals surface area contributed by atoms with Gasteiger partial charge in [-0.3, -0.25) is 4.79 Å². The summed E-state index contributed by atoms with van der Waals surface area (Å²) in [4.78, 5) is 14.5. The molecule has 0 radical (unpaired) electrons. The zero-order chi connectivity index (χ0) is 13.2. The lowest BCUT2D eigenvalue weighted by atomic mass is 9.99. The van der Waals surface area contributed by atoms with Crippen LogP contribution in [0.1, 0.15) is 47.3 Å². The highest BCUT2D eigenvalue weighted by Gasteiger charge is 2.24. The van der Waals surface area contributed by atoms with Gasteiger partial charge >= 0.3 is 6.08 Å². The number of hydrogen-bond acceptors (Lipinski definition) is 4. The number of rotatable bonds is 4. The maximum absolute atomic E-state index is 10.6. The van der Waals surface area contributed by atoms with Gasteiger partial charge in [0, 0.05) is 0 Å². The molecule has 98 valence electrons. The van der Waals surface area contributed by atoms with Crippen LogP contribution in [0.15, 0.2) is 28.9 Å². The second kappa shape index (κ2) is 4.88. The zero-order valence-corrected chi connectivity index (χ0v) is 10.8. The van der Waals surface area contributed by atoms with Gasteiger partial charge in [0.2, 0.25) is 0 Å². The van der Waals surface area contributed by atoms with Crippen molar-refractivity contribution < 1.29 is 13.9 Å². The van der Waals surface area contributed by atoms with E-state index in [-0.39, 0.29) is 11.8 Å². The van der Waals surface area contributed by atoms with E-state index in [0.29, 0.717) is 12.2 Å². The first-order valence-corrected chi connectivity index (χ1v) is 6.52. The van der Waals surface area contributed by atoms with Crippen molar-refractivity contribution in [3.8, 4) is 11.8 Å². The Labute approximate surface area is 111 Å². The monoisotopic (exact) mass is 257 g/mol. The Morgan fingerprint density at radius 3 is 3.16 bits per heavy atom. The van der Waals surface area contributed by atoms with Crippen molar-refractivity contribution in [1.82, 2.24) is 4.98 Å². The van der Waals surface area contributed by atoms with Gasteiger partial charge in [-0.15, -0.1) is 0 Å². The Hall–Kier alpha value is -2.10. The van der Waals surface area contributed by atoms with Gasteiger partial charge in [0.1, 0.15) is 17.7 Å². The highest BCUT2D eigenvalue weighted by Crippen LogP contribution is 2.40. The molecule has 1 aromatic carbocycles. The average molecular weight is 257 g/mol. The van der Waals surface area contributed by atoms with Gasteiger partial charge < -0.3 is 9.15 Å². The van der Waals surface area contributed by atoms with Gasteiger partial charge in [-0.2, -0.15) is 4.98 Å². The summed E-state index contributed by atoms with van der Waals surface area (Å²) in [6.45, 7) is 2.21. The molecule has 1 unspecified atom stereocenters. The first-order valence-electron chi connectivity index (χ1n) is 6.52. The molecule has 1 heterocycles. The van der Waals surface area contributed by atoms with E-state index in [1.165, 1.54) is 17.4 Å². The van der Waals surface area contributed by atoms with Crippen LogP contribution in [-0.2, 0) is 6.42 Å². The van der Waals surface area contributed by atoms with Crippen molar-refractivity contribution in [2.75, 3.05) is 0 Å². The molecule has 0 aliphatic heterocycles. The summed E-state index contributed by atoms with van der Waals surface area (Å²) in [7, 11) is 0. The molecule has 0 spiro atoms. The minimum atomic E-state index is 0.121. The molecule has 0 fully saturated rings. The van der Waals surface area contributed by atoms with Crippen molar-refractivity contribution in [1.29, 1.82) is 0 Å². The van der Waals surface area contributed by atoms with Crippen molar-refractivity contribution in [2.24, 2.45) is 0 Å². The van der Waals surface area contributed by atoms with Crippen LogP contribution in [0.2, 0.25) is 0 Å². The number of carbonyl (C=O) groups is 1. The van der Waals surface area contributed by atoms with Crippen LogP contribution in [0.5, 0.6) is 11.8 Å². The molecule has 4 heteroatoms. The number of benzene rings is 1. The van der Waals surface area contributed by atoms with Crippen molar-refractivity contribution in [2.45, 2.75) is 32.1 Å². The Morgan fingerprint density at radius 2 is 2.42 bits per heavy atom. The number of aromatic nitrogens is 1. The first kappa shape index (κ1) is 12.0. The normalized spacial score (nSPS) is 17.2. The van der Waals surface area contributed by atoms with Crippen LogP contribution < -0.4 is 4.74 Å². The lowest BCUT2D eigenvalue weighted by Crippen LogP contribution is -1.93. The molecule has 2 aromatic rings. The highest BCUT2D eigenvalue weighted by atomic mass is 16.6. The fourth-order valence-electron chi connectivity index (χ4n) is 2.69. The molecule has 3 rings (SSSR count). The van der Waals surface area contributed by atoms with E-state index < -0.39 is 0 Å². The second-order valence-corrected chi connectivity index (χ2v) is 4.73. The van der Waals surface area contributed by atoms with Crippen LogP contribution in [0, 0.1) is 0 Å². The molecule has 19 heavy (non-hydrogen) atoms. The predicted molar refractivity (Wildman–Crippen MR) is 69.8 cm³/mol. The highest BCUT2D eigenvalue weighted by molar-refractivity contribution is 5.70. The Balaban J connectivity index is 1.90. The van der Waals surface area contributed by atoms with Gasteiger partial charge in [0.25, 0.3) is 0 Å². The third kappa shape index (κ3) is 2.14.